The highest BCUT2D eigenvalue weighted by Crippen LogP contribution is 2.22. The molecule has 1 heterocycles. The summed E-state index contributed by atoms with van der Waals surface area (Å²) in [6, 6.07) is 0.914. The molecule has 0 N–H and O–H groups in total. The van der Waals surface area contributed by atoms with Crippen LogP contribution in [0.3, 0.4) is 0 Å². The van der Waals surface area contributed by atoms with Gasteiger partial charge >= 0.3 is 0 Å². The molecule has 0 aromatic heterocycles. The van der Waals surface area contributed by atoms with Crippen LogP contribution in [0.4, 0.5) is 0 Å². The van der Waals surface area contributed by atoms with Crippen LogP contribution >= 0.6 is 0 Å². The van der Waals surface area contributed by atoms with Crippen molar-refractivity contribution >= 4 is 0 Å². The van der Waals surface area contributed by atoms with Gasteiger partial charge in [0.1, 0.15) is 0 Å². The Labute approximate surface area is 84.5 Å². The number of hydrogen-bond donors (Lipinski definition) is 0. The van der Waals surface area contributed by atoms with Crippen LogP contribution in [0.15, 0.2) is 0 Å². The van der Waals surface area contributed by atoms with E-state index in [4.69, 9.17) is 0 Å². The van der Waals surface area contributed by atoms with E-state index in [1.807, 2.05) is 0 Å². The number of likely N-dealkylation sites (tertiary alicyclic amines) is 1. The number of nitrogens with zero attached hydrogens (tertiary/aromatic N) is 1. The van der Waals surface area contributed by atoms with E-state index in [0.717, 1.165) is 12.0 Å². The molecule has 80 valence electrons. The molecule has 1 fully saturated rings. The minimum atomic E-state index is 0. The van der Waals surface area contributed by atoms with E-state index in [1.165, 1.54) is 38.8 Å². The number of rotatable bonds is 4. The highest BCUT2D eigenvalue weighted by Gasteiger charge is 2.22. The molecule has 1 nitrogen and oxygen atoms in total. The Kier molecular flexibility index (Phi) is 6.40. The van der Waals surface area contributed by atoms with Gasteiger partial charge in [0, 0.05) is 6.04 Å². The van der Waals surface area contributed by atoms with Crippen LogP contribution in [-0.4, -0.2) is 24.0 Å². The molecule has 1 saturated heterocycles. The van der Waals surface area contributed by atoms with Crippen molar-refractivity contribution < 1.29 is 0 Å². The summed E-state index contributed by atoms with van der Waals surface area (Å²) in [7, 11) is 0. The van der Waals surface area contributed by atoms with E-state index in [-0.39, 0.29) is 7.43 Å². The Bertz CT molecular complexity index is 120. The molecule has 0 aliphatic carbocycles. The molecule has 1 heteroatoms. The first-order chi connectivity index (χ1) is 5.74. The topological polar surface area (TPSA) is 3.24 Å². The molecular formula is C12H27N. The van der Waals surface area contributed by atoms with Gasteiger partial charge in [-0.25, -0.2) is 0 Å². The van der Waals surface area contributed by atoms with Crippen LogP contribution < -0.4 is 0 Å². The largest absolute Gasteiger partial charge is 0.301 e. The summed E-state index contributed by atoms with van der Waals surface area (Å²) >= 11 is 0. The first-order valence-corrected chi connectivity index (χ1v) is 5.48. The van der Waals surface area contributed by atoms with Crippen molar-refractivity contribution in [1.82, 2.24) is 4.90 Å². The summed E-state index contributed by atoms with van der Waals surface area (Å²) in [5, 5.41) is 0. The first kappa shape index (κ1) is 13.0. The fourth-order valence-electron chi connectivity index (χ4n) is 2.16. The van der Waals surface area contributed by atoms with Gasteiger partial charge < -0.3 is 4.90 Å². The van der Waals surface area contributed by atoms with Gasteiger partial charge in [0.05, 0.1) is 0 Å². The zero-order valence-electron chi connectivity index (χ0n) is 8.84. The van der Waals surface area contributed by atoms with E-state index in [1.54, 1.807) is 0 Å². The van der Waals surface area contributed by atoms with E-state index < -0.39 is 0 Å². The molecule has 0 aromatic carbocycles. The second-order valence-electron chi connectivity index (χ2n) is 4.40. The minimum Gasteiger partial charge on any atom is -0.301 e. The maximum absolute atomic E-state index is 2.64. The predicted octanol–water partition coefficient (Wildman–Crippen LogP) is 3.54. The van der Waals surface area contributed by atoms with Crippen molar-refractivity contribution in [3.8, 4) is 0 Å². The summed E-state index contributed by atoms with van der Waals surface area (Å²) in [5.41, 5.74) is 0. The van der Waals surface area contributed by atoms with Gasteiger partial charge in [0.25, 0.3) is 0 Å². The zero-order valence-corrected chi connectivity index (χ0v) is 8.84. The molecule has 0 radical (unpaired) electrons. The van der Waals surface area contributed by atoms with Crippen molar-refractivity contribution in [3.05, 3.63) is 0 Å². The third kappa shape index (κ3) is 4.12. The SMILES string of the molecule is C.CCN1CCCC1CCC(C)C. The fraction of sp³-hybridized carbons (Fsp3) is 1.00. The van der Waals surface area contributed by atoms with Gasteiger partial charge in [0.2, 0.25) is 0 Å². The van der Waals surface area contributed by atoms with Gasteiger partial charge in [-0.15, -0.1) is 0 Å². The quantitative estimate of drug-likeness (QED) is 0.647. The predicted molar refractivity (Wildman–Crippen MR) is 61.1 cm³/mol. The second-order valence-corrected chi connectivity index (χ2v) is 4.40. The summed E-state index contributed by atoms with van der Waals surface area (Å²) in [4.78, 5) is 2.64. The molecule has 13 heavy (non-hydrogen) atoms. The lowest BCUT2D eigenvalue weighted by Gasteiger charge is -2.23. The van der Waals surface area contributed by atoms with Gasteiger partial charge in [0.15, 0.2) is 0 Å². The average Bonchev–Trinajstić information content (AvgIpc) is 2.47. The molecule has 1 rings (SSSR count). The average molecular weight is 185 g/mol. The van der Waals surface area contributed by atoms with Crippen molar-refractivity contribution in [1.29, 1.82) is 0 Å². The van der Waals surface area contributed by atoms with E-state index >= 15 is 0 Å². The normalized spacial score (nSPS) is 23.5. The van der Waals surface area contributed by atoms with Crippen LogP contribution in [0.2, 0.25) is 0 Å². The standard InChI is InChI=1S/C11H23N.CH4/c1-4-12-9-5-6-11(12)8-7-10(2)3;/h10-11H,4-9H2,1-3H3;1H4. The fourth-order valence-corrected chi connectivity index (χ4v) is 2.16. The zero-order chi connectivity index (χ0) is 8.97. The van der Waals surface area contributed by atoms with Crippen LogP contribution in [0.5, 0.6) is 0 Å². The number of hydrogen-bond acceptors (Lipinski definition) is 1. The van der Waals surface area contributed by atoms with Crippen molar-refractivity contribution in [2.45, 2.75) is 59.9 Å². The smallest absolute Gasteiger partial charge is 0.00957 e. The Morgan fingerprint density at radius 1 is 1.38 bits per heavy atom. The Morgan fingerprint density at radius 2 is 2.08 bits per heavy atom. The summed E-state index contributed by atoms with van der Waals surface area (Å²) < 4.78 is 0. The third-order valence-electron chi connectivity index (χ3n) is 2.98. The molecule has 0 amide bonds. The van der Waals surface area contributed by atoms with E-state index in [0.29, 0.717) is 0 Å². The van der Waals surface area contributed by atoms with Gasteiger partial charge in [-0.2, -0.15) is 0 Å². The van der Waals surface area contributed by atoms with Crippen LogP contribution in [0, 0.1) is 5.92 Å². The molecule has 0 saturated carbocycles. The monoisotopic (exact) mass is 185 g/mol. The van der Waals surface area contributed by atoms with Crippen molar-refractivity contribution in [2.75, 3.05) is 13.1 Å². The molecular weight excluding hydrogens is 158 g/mol. The van der Waals surface area contributed by atoms with Crippen LogP contribution in [-0.2, 0) is 0 Å². The molecule has 0 spiro atoms. The molecule has 1 unspecified atom stereocenters. The third-order valence-corrected chi connectivity index (χ3v) is 2.98. The lowest BCUT2D eigenvalue weighted by molar-refractivity contribution is 0.245. The Morgan fingerprint density at radius 3 is 2.62 bits per heavy atom. The second kappa shape index (κ2) is 6.42. The molecule has 1 aliphatic rings. The highest BCUT2D eigenvalue weighted by molar-refractivity contribution is 4.78. The maximum Gasteiger partial charge on any atom is 0.00957 e. The van der Waals surface area contributed by atoms with Crippen LogP contribution in [0.1, 0.15) is 53.9 Å². The maximum atomic E-state index is 2.64. The Balaban J connectivity index is 0.00000144. The summed E-state index contributed by atoms with van der Waals surface area (Å²) in [5.74, 6) is 0.879. The van der Waals surface area contributed by atoms with Gasteiger partial charge in [-0.05, 0) is 44.7 Å². The van der Waals surface area contributed by atoms with E-state index in [9.17, 15) is 0 Å². The molecule has 1 atom stereocenters. The van der Waals surface area contributed by atoms with E-state index in [2.05, 4.69) is 25.7 Å². The molecule has 0 aromatic rings. The van der Waals surface area contributed by atoms with Crippen molar-refractivity contribution in [3.63, 3.8) is 0 Å². The van der Waals surface area contributed by atoms with Gasteiger partial charge in [-0.1, -0.05) is 28.2 Å². The Hall–Kier alpha value is -0.0400. The summed E-state index contributed by atoms with van der Waals surface area (Å²) in [6.45, 7) is 9.53. The molecule has 1 aliphatic heterocycles. The summed E-state index contributed by atoms with van der Waals surface area (Å²) in [6.07, 6.45) is 5.70. The molecule has 0 bridgehead atoms. The van der Waals surface area contributed by atoms with Crippen molar-refractivity contribution in [2.24, 2.45) is 5.92 Å². The van der Waals surface area contributed by atoms with Gasteiger partial charge in [-0.3, -0.25) is 0 Å². The minimum absolute atomic E-state index is 0. The lowest BCUT2D eigenvalue weighted by atomic mass is 10.0. The first-order valence-electron chi connectivity index (χ1n) is 5.48. The lowest BCUT2D eigenvalue weighted by Crippen LogP contribution is -2.29. The van der Waals surface area contributed by atoms with Crippen LogP contribution in [0.25, 0.3) is 0 Å². The highest BCUT2D eigenvalue weighted by atomic mass is 15.2.